The second-order valence-electron chi connectivity index (χ2n) is 18.3. The molecule has 3 aliphatic heterocycles. The third-order valence-corrected chi connectivity index (χ3v) is 15.8. The number of benzene rings is 1. The van der Waals surface area contributed by atoms with Gasteiger partial charge in [-0.1, -0.05) is 39.0 Å². The lowest BCUT2D eigenvalue weighted by molar-refractivity contribution is -0.144. The Morgan fingerprint density at radius 1 is 0.982 bits per heavy atom. The Bertz CT molecular complexity index is 2100. The van der Waals surface area contributed by atoms with Gasteiger partial charge in [-0.15, -0.1) is 0 Å². The van der Waals surface area contributed by atoms with E-state index in [9.17, 15) is 22.8 Å². The third kappa shape index (κ3) is 7.41. The number of aryl methyl sites for hydroxylation is 2. The summed E-state index contributed by atoms with van der Waals surface area (Å²) in [6.45, 7) is 2.12. The molecule has 4 heterocycles. The van der Waals surface area contributed by atoms with E-state index in [1.54, 1.807) is 12.0 Å². The molecule has 1 spiro atoms. The maximum Gasteiger partial charge on any atom is 0.408 e. The standard InChI is InChI=1S/C42H55N5O9S/c1-40(16-7-4-8-17-40)35-37(49)47-24-41(23-32(47)36(48)45-42(19-20-42)38(50)46-57(52,53)27-12-13-27)18-15-28-29-22-26(54-2)11-14-30(29)43-31(34(28)56-41)10-6-3-5-9-25-21-33(25)55-39(51)44-35/h11,14,22,25,27,32-33,35H,3-10,12-13,15-21,23-24H2,1-2H3,(H,44,51)(H,45,48)(H,46,50)/t25-,32+,33-,35-,41-/m1/s1. The van der Waals surface area contributed by atoms with Gasteiger partial charge in [0.05, 0.1) is 30.1 Å². The summed E-state index contributed by atoms with van der Waals surface area (Å²) in [6, 6.07) is 3.86. The number of carbonyl (C=O) groups is 4. The number of ether oxygens (including phenoxy) is 3. The van der Waals surface area contributed by atoms with Crippen LogP contribution in [0.25, 0.3) is 10.9 Å². The summed E-state index contributed by atoms with van der Waals surface area (Å²) < 4.78 is 46.3. The van der Waals surface area contributed by atoms with E-state index < -0.39 is 61.8 Å². The Morgan fingerprint density at radius 2 is 1.75 bits per heavy atom. The van der Waals surface area contributed by atoms with Gasteiger partial charge in [-0.3, -0.25) is 19.1 Å². The maximum atomic E-state index is 15.2. The van der Waals surface area contributed by atoms with E-state index in [4.69, 9.17) is 19.2 Å². The van der Waals surface area contributed by atoms with Crippen LogP contribution in [-0.2, 0) is 42.0 Å². The molecule has 308 valence electrons. The number of sulfonamides is 1. The van der Waals surface area contributed by atoms with Crippen LogP contribution in [0.4, 0.5) is 4.79 Å². The molecule has 7 aliphatic rings. The van der Waals surface area contributed by atoms with Crippen molar-refractivity contribution in [2.75, 3.05) is 13.7 Å². The fourth-order valence-electron chi connectivity index (χ4n) is 10.0. The molecular weight excluding hydrogens is 751 g/mol. The number of fused-ring (bicyclic) bond motifs is 4. The second-order valence-corrected chi connectivity index (χ2v) is 20.3. The molecule has 15 heteroatoms. The molecule has 4 amide bonds. The molecule has 3 N–H and O–H groups in total. The van der Waals surface area contributed by atoms with Crippen LogP contribution in [0.15, 0.2) is 18.2 Å². The van der Waals surface area contributed by atoms with Crippen molar-refractivity contribution in [3.63, 3.8) is 0 Å². The predicted molar refractivity (Wildman–Crippen MR) is 209 cm³/mol. The van der Waals surface area contributed by atoms with Crippen LogP contribution in [0.5, 0.6) is 11.5 Å². The molecule has 0 radical (unpaired) electrons. The first-order valence-electron chi connectivity index (χ1n) is 21.2. The third-order valence-electron chi connectivity index (χ3n) is 14.0. The summed E-state index contributed by atoms with van der Waals surface area (Å²) in [5.41, 5.74) is -0.190. The number of carbonyl (C=O) groups excluding carboxylic acids is 4. The highest BCUT2D eigenvalue weighted by atomic mass is 32.2. The van der Waals surface area contributed by atoms with E-state index in [-0.39, 0.29) is 43.7 Å². The highest BCUT2D eigenvalue weighted by molar-refractivity contribution is 7.91. The van der Waals surface area contributed by atoms with Gasteiger partial charge < -0.3 is 29.7 Å². The first-order chi connectivity index (χ1) is 27.3. The largest absolute Gasteiger partial charge is 0.497 e. The maximum absolute atomic E-state index is 15.2. The fourth-order valence-corrected chi connectivity index (χ4v) is 11.4. The molecule has 1 aromatic carbocycles. The molecular formula is C42H55N5O9S. The van der Waals surface area contributed by atoms with Crippen LogP contribution in [-0.4, -0.2) is 90.3 Å². The lowest BCUT2D eigenvalue weighted by atomic mass is 9.70. The summed E-state index contributed by atoms with van der Waals surface area (Å²) in [4.78, 5) is 63.6. The Kier molecular flexibility index (Phi) is 9.63. The molecule has 14 nitrogen and oxygen atoms in total. The van der Waals surface area contributed by atoms with Gasteiger partial charge in [0, 0.05) is 17.4 Å². The van der Waals surface area contributed by atoms with Gasteiger partial charge in [0.15, 0.2) is 0 Å². The number of hydrogen-bond donors (Lipinski definition) is 3. The SMILES string of the molecule is COc1ccc2nc3c4c(c2c1)CC[C@]1(C[C@@H](C(=O)NC2(C(=O)NS(=O)(=O)C5CC5)CC2)N(C1)C(=O)[C@H](C1(C)CCCCC1)NC(=O)O[C@@H]1C[C@H]1CCCCC3)O4. The fraction of sp³-hybridized carbons (Fsp3) is 0.690. The van der Waals surface area contributed by atoms with Gasteiger partial charge in [0.1, 0.15) is 40.8 Å². The molecule has 9 rings (SSSR count). The Balaban J connectivity index is 1.09. The predicted octanol–water partition coefficient (Wildman–Crippen LogP) is 4.74. The first-order valence-corrected chi connectivity index (χ1v) is 22.7. The van der Waals surface area contributed by atoms with E-state index in [0.717, 1.165) is 86.4 Å². The number of amides is 4. The van der Waals surface area contributed by atoms with Crippen LogP contribution < -0.4 is 24.8 Å². The molecule has 1 aromatic heterocycles. The number of methoxy groups -OCH3 is 1. The van der Waals surface area contributed by atoms with Crippen LogP contribution >= 0.6 is 0 Å². The van der Waals surface area contributed by atoms with E-state index >= 15 is 4.79 Å². The second kappa shape index (κ2) is 14.3. The summed E-state index contributed by atoms with van der Waals surface area (Å²) >= 11 is 0. The summed E-state index contributed by atoms with van der Waals surface area (Å²) in [7, 11) is -2.20. The van der Waals surface area contributed by atoms with Crippen molar-refractivity contribution in [2.24, 2.45) is 11.3 Å². The van der Waals surface area contributed by atoms with E-state index in [0.29, 0.717) is 43.6 Å². The zero-order valence-electron chi connectivity index (χ0n) is 33.0. The molecule has 3 bridgehead atoms. The molecule has 1 saturated heterocycles. The molecule has 4 aliphatic carbocycles. The van der Waals surface area contributed by atoms with Crippen LogP contribution in [0.3, 0.4) is 0 Å². The van der Waals surface area contributed by atoms with Crippen LogP contribution in [0.1, 0.15) is 121 Å². The molecule has 57 heavy (non-hydrogen) atoms. The number of hydrogen-bond acceptors (Lipinski definition) is 10. The minimum absolute atomic E-state index is 0.0855. The molecule has 5 atom stereocenters. The zero-order chi connectivity index (χ0) is 39.7. The number of rotatable bonds is 7. The Hall–Kier alpha value is -4.14. The van der Waals surface area contributed by atoms with Crippen molar-refractivity contribution in [2.45, 2.75) is 157 Å². The molecule has 4 saturated carbocycles. The molecule has 5 fully saturated rings. The number of nitrogens with one attached hydrogen (secondary N) is 3. The number of alkyl carbamates (subject to hydrolysis) is 1. The van der Waals surface area contributed by atoms with Gasteiger partial charge in [0.2, 0.25) is 21.8 Å². The quantitative estimate of drug-likeness (QED) is 0.354. The van der Waals surface area contributed by atoms with E-state index in [2.05, 4.69) is 15.4 Å². The van der Waals surface area contributed by atoms with Crippen molar-refractivity contribution in [1.82, 2.24) is 25.2 Å². The number of pyridine rings is 1. The van der Waals surface area contributed by atoms with E-state index in [1.807, 2.05) is 25.1 Å². The van der Waals surface area contributed by atoms with Crippen molar-refractivity contribution in [1.29, 1.82) is 0 Å². The normalized spacial score (nSPS) is 30.7. The lowest BCUT2D eigenvalue weighted by Gasteiger charge is -2.42. The van der Waals surface area contributed by atoms with Crippen molar-refractivity contribution in [3.05, 3.63) is 29.5 Å². The highest BCUT2D eigenvalue weighted by Crippen LogP contribution is 2.48. The monoisotopic (exact) mass is 805 g/mol. The minimum atomic E-state index is -3.84. The average molecular weight is 806 g/mol. The van der Waals surface area contributed by atoms with Crippen molar-refractivity contribution >= 4 is 44.7 Å². The molecule has 0 unspecified atom stereocenters. The van der Waals surface area contributed by atoms with Crippen molar-refractivity contribution in [3.8, 4) is 11.5 Å². The van der Waals surface area contributed by atoms with E-state index in [1.165, 1.54) is 0 Å². The van der Waals surface area contributed by atoms with Gasteiger partial charge in [-0.2, -0.15) is 0 Å². The van der Waals surface area contributed by atoms with Gasteiger partial charge in [0.25, 0.3) is 5.91 Å². The zero-order valence-corrected chi connectivity index (χ0v) is 33.8. The topological polar surface area (TPSA) is 182 Å². The summed E-state index contributed by atoms with van der Waals surface area (Å²) in [5.74, 6) is 0.0157. The van der Waals surface area contributed by atoms with Crippen molar-refractivity contribution < 1.29 is 41.8 Å². The lowest BCUT2D eigenvalue weighted by Crippen LogP contribution is -2.61. The van der Waals surface area contributed by atoms with Crippen LogP contribution in [0.2, 0.25) is 0 Å². The smallest absolute Gasteiger partial charge is 0.408 e. The Labute approximate surface area is 333 Å². The van der Waals surface area contributed by atoms with Gasteiger partial charge >= 0.3 is 6.09 Å². The minimum Gasteiger partial charge on any atom is -0.497 e. The number of aromatic nitrogens is 1. The summed E-state index contributed by atoms with van der Waals surface area (Å²) in [6.07, 6.45) is 11.7. The summed E-state index contributed by atoms with van der Waals surface area (Å²) in [5, 5.41) is 6.27. The average Bonchev–Trinajstić information content (AvgIpc) is 4.09. The first kappa shape index (κ1) is 38.4. The molecule has 2 aromatic rings. The highest BCUT2D eigenvalue weighted by Gasteiger charge is 2.59. The van der Waals surface area contributed by atoms with Gasteiger partial charge in [-0.25, -0.2) is 18.2 Å². The van der Waals surface area contributed by atoms with Crippen LogP contribution in [0, 0.1) is 11.3 Å². The number of nitrogens with zero attached hydrogens (tertiary/aromatic N) is 2. The van der Waals surface area contributed by atoms with Gasteiger partial charge in [-0.05, 0) is 107 Å². The Morgan fingerprint density at radius 3 is 2.49 bits per heavy atom.